The van der Waals surface area contributed by atoms with Gasteiger partial charge in [-0.2, -0.15) is 5.10 Å². The summed E-state index contributed by atoms with van der Waals surface area (Å²) in [5.41, 5.74) is 2.64. The van der Waals surface area contributed by atoms with Gasteiger partial charge in [0, 0.05) is 19.1 Å². The Kier molecular flexibility index (Phi) is 3.07. The van der Waals surface area contributed by atoms with Crippen LogP contribution in [0.2, 0.25) is 0 Å². The number of hydrogen-bond acceptors (Lipinski definition) is 2. The maximum absolute atomic E-state index is 11.0. The van der Waals surface area contributed by atoms with Gasteiger partial charge in [0.1, 0.15) is 0 Å². The number of piperidine rings is 1. The van der Waals surface area contributed by atoms with E-state index in [1.807, 2.05) is 6.20 Å². The van der Waals surface area contributed by atoms with E-state index in [1.165, 1.54) is 16.2 Å². The van der Waals surface area contributed by atoms with E-state index in [1.54, 1.807) is 0 Å². The summed E-state index contributed by atoms with van der Waals surface area (Å²) in [4.78, 5) is 12.5. The van der Waals surface area contributed by atoms with Gasteiger partial charge in [0.15, 0.2) is 0 Å². The molecule has 3 rings (SSSR count). The van der Waals surface area contributed by atoms with Crippen molar-refractivity contribution in [3.05, 3.63) is 23.5 Å². The number of amides is 1. The van der Waals surface area contributed by atoms with Crippen molar-refractivity contribution in [3.8, 4) is 0 Å². The summed E-state index contributed by atoms with van der Waals surface area (Å²) in [6.45, 7) is 5.54. The minimum Gasteiger partial charge on any atom is -0.465 e. The van der Waals surface area contributed by atoms with Crippen LogP contribution in [0.25, 0.3) is 6.08 Å². The minimum atomic E-state index is -0.798. The molecule has 1 N–H and O–H groups in total. The quantitative estimate of drug-likeness (QED) is 0.857. The zero-order valence-corrected chi connectivity index (χ0v) is 12.0. The molecule has 0 bridgehead atoms. The summed E-state index contributed by atoms with van der Waals surface area (Å²) in [5.74, 6) is 0. The number of allylic oxidation sites excluding steroid dienone is 1. The number of rotatable bonds is 1. The first-order valence-corrected chi connectivity index (χ1v) is 7.24. The largest absolute Gasteiger partial charge is 0.465 e. The molecule has 1 aliphatic heterocycles. The molecule has 1 aromatic heterocycles. The van der Waals surface area contributed by atoms with Gasteiger partial charge in [0.2, 0.25) is 0 Å². The first kappa shape index (κ1) is 13.2. The number of carbonyl (C=O) groups is 1. The van der Waals surface area contributed by atoms with Crippen molar-refractivity contribution in [2.75, 3.05) is 13.1 Å². The molecule has 5 nitrogen and oxygen atoms in total. The molecule has 1 saturated heterocycles. The van der Waals surface area contributed by atoms with Gasteiger partial charge < -0.3 is 10.0 Å². The molecule has 1 aliphatic carbocycles. The van der Waals surface area contributed by atoms with E-state index in [0.717, 1.165) is 19.3 Å². The standard InChI is InChI=1S/C15H21N3O2/c1-11(2)18-13-3-4-15(9-12(13)10-16-18)5-7-17(8-6-15)14(19)20/h3-4,10-11H,5-9H2,1-2H3,(H,19,20). The van der Waals surface area contributed by atoms with Crippen molar-refractivity contribution in [1.82, 2.24) is 14.7 Å². The van der Waals surface area contributed by atoms with Gasteiger partial charge in [0.25, 0.3) is 0 Å². The van der Waals surface area contributed by atoms with Crippen LogP contribution in [0.3, 0.4) is 0 Å². The SMILES string of the molecule is CC(C)n1ncc2c1C=CC1(CCN(C(=O)O)CC1)C2. The van der Waals surface area contributed by atoms with Crippen LogP contribution in [0.5, 0.6) is 0 Å². The molecule has 0 unspecified atom stereocenters. The molecule has 2 heterocycles. The molecule has 5 heteroatoms. The maximum atomic E-state index is 11.0. The van der Waals surface area contributed by atoms with Crippen molar-refractivity contribution in [2.24, 2.45) is 5.41 Å². The monoisotopic (exact) mass is 275 g/mol. The first-order chi connectivity index (χ1) is 9.51. The van der Waals surface area contributed by atoms with Crippen LogP contribution in [0.1, 0.15) is 44.0 Å². The predicted octanol–water partition coefficient (Wildman–Crippen LogP) is 2.79. The molecule has 0 aromatic carbocycles. The number of aromatic nitrogens is 2. The second kappa shape index (κ2) is 4.65. The van der Waals surface area contributed by atoms with Crippen molar-refractivity contribution in [2.45, 2.75) is 39.2 Å². The van der Waals surface area contributed by atoms with E-state index in [0.29, 0.717) is 19.1 Å². The molecule has 1 amide bonds. The molecule has 20 heavy (non-hydrogen) atoms. The van der Waals surface area contributed by atoms with Crippen LogP contribution >= 0.6 is 0 Å². The third-order valence-electron chi connectivity index (χ3n) is 4.57. The summed E-state index contributed by atoms with van der Waals surface area (Å²) >= 11 is 0. The smallest absolute Gasteiger partial charge is 0.407 e. The van der Waals surface area contributed by atoms with E-state index in [-0.39, 0.29) is 5.41 Å². The summed E-state index contributed by atoms with van der Waals surface area (Å²) < 4.78 is 2.06. The second-order valence-corrected chi connectivity index (χ2v) is 6.24. The topological polar surface area (TPSA) is 58.4 Å². The average molecular weight is 275 g/mol. The minimum absolute atomic E-state index is 0.129. The lowest BCUT2D eigenvalue weighted by atomic mass is 9.71. The summed E-state index contributed by atoms with van der Waals surface area (Å²) in [7, 11) is 0. The third-order valence-corrected chi connectivity index (χ3v) is 4.57. The van der Waals surface area contributed by atoms with Crippen LogP contribution in [0.4, 0.5) is 4.79 Å². The van der Waals surface area contributed by atoms with Crippen molar-refractivity contribution in [1.29, 1.82) is 0 Å². The Morgan fingerprint density at radius 2 is 2.10 bits per heavy atom. The van der Waals surface area contributed by atoms with Crippen LogP contribution in [0.15, 0.2) is 12.3 Å². The highest BCUT2D eigenvalue weighted by Crippen LogP contribution is 2.41. The highest BCUT2D eigenvalue weighted by Gasteiger charge is 2.37. The Hall–Kier alpha value is -1.78. The van der Waals surface area contributed by atoms with Gasteiger partial charge in [-0.25, -0.2) is 4.79 Å². The van der Waals surface area contributed by atoms with E-state index in [9.17, 15) is 4.79 Å². The molecule has 1 spiro atoms. The van der Waals surface area contributed by atoms with Crippen molar-refractivity contribution < 1.29 is 9.90 Å². The Bertz CT molecular complexity index is 551. The van der Waals surface area contributed by atoms with Crippen LogP contribution in [0, 0.1) is 5.41 Å². The van der Waals surface area contributed by atoms with Gasteiger partial charge in [-0.05, 0) is 50.2 Å². The zero-order chi connectivity index (χ0) is 14.3. The lowest BCUT2D eigenvalue weighted by molar-refractivity contribution is 0.108. The Morgan fingerprint density at radius 1 is 1.40 bits per heavy atom. The molecule has 108 valence electrons. The number of nitrogens with zero attached hydrogens (tertiary/aromatic N) is 3. The van der Waals surface area contributed by atoms with Crippen molar-refractivity contribution in [3.63, 3.8) is 0 Å². The molecule has 0 atom stereocenters. The molecular formula is C15H21N3O2. The highest BCUT2D eigenvalue weighted by atomic mass is 16.4. The number of carboxylic acid groups (broad SMARTS) is 1. The van der Waals surface area contributed by atoms with Gasteiger partial charge in [-0.3, -0.25) is 4.68 Å². The number of hydrogen-bond donors (Lipinski definition) is 1. The Labute approximate surface area is 118 Å². The van der Waals surface area contributed by atoms with E-state index >= 15 is 0 Å². The molecule has 1 aromatic rings. The first-order valence-electron chi connectivity index (χ1n) is 7.24. The zero-order valence-electron chi connectivity index (χ0n) is 12.0. The third kappa shape index (κ3) is 2.11. The average Bonchev–Trinajstić information content (AvgIpc) is 2.82. The molecule has 0 saturated carbocycles. The van der Waals surface area contributed by atoms with Gasteiger partial charge in [-0.15, -0.1) is 0 Å². The molecular weight excluding hydrogens is 254 g/mol. The highest BCUT2D eigenvalue weighted by molar-refractivity contribution is 5.65. The van der Waals surface area contributed by atoms with Gasteiger partial charge in [-0.1, -0.05) is 6.08 Å². The Morgan fingerprint density at radius 3 is 2.70 bits per heavy atom. The van der Waals surface area contributed by atoms with E-state index < -0.39 is 6.09 Å². The summed E-state index contributed by atoms with van der Waals surface area (Å²) in [6.07, 6.45) is 8.44. The van der Waals surface area contributed by atoms with Crippen molar-refractivity contribution >= 4 is 12.2 Å². The fourth-order valence-corrected chi connectivity index (χ4v) is 3.32. The summed E-state index contributed by atoms with van der Waals surface area (Å²) in [5, 5.41) is 13.5. The molecule has 2 aliphatic rings. The Balaban J connectivity index is 1.79. The lowest BCUT2D eigenvalue weighted by Crippen LogP contribution is -2.43. The number of fused-ring (bicyclic) bond motifs is 1. The molecule has 0 radical (unpaired) electrons. The van der Waals surface area contributed by atoms with Crippen LogP contribution in [-0.4, -0.2) is 39.0 Å². The van der Waals surface area contributed by atoms with Gasteiger partial charge >= 0.3 is 6.09 Å². The number of likely N-dealkylation sites (tertiary alicyclic amines) is 1. The second-order valence-electron chi connectivity index (χ2n) is 6.24. The normalized spacial score (nSPS) is 20.4. The predicted molar refractivity (Wildman–Crippen MR) is 76.6 cm³/mol. The van der Waals surface area contributed by atoms with Crippen LogP contribution < -0.4 is 0 Å². The lowest BCUT2D eigenvalue weighted by Gasteiger charge is -2.40. The summed E-state index contributed by atoms with van der Waals surface area (Å²) in [6, 6.07) is 0.367. The van der Waals surface area contributed by atoms with Crippen LogP contribution in [-0.2, 0) is 6.42 Å². The fourth-order valence-electron chi connectivity index (χ4n) is 3.32. The van der Waals surface area contributed by atoms with Gasteiger partial charge in [0.05, 0.1) is 11.9 Å². The maximum Gasteiger partial charge on any atom is 0.407 e. The molecule has 1 fully saturated rings. The van der Waals surface area contributed by atoms with E-state index in [2.05, 4.69) is 35.8 Å². The van der Waals surface area contributed by atoms with E-state index in [4.69, 9.17) is 5.11 Å². The fraction of sp³-hybridized carbons (Fsp3) is 0.600.